The van der Waals surface area contributed by atoms with Crippen LogP contribution in [-0.4, -0.2) is 29.4 Å². The van der Waals surface area contributed by atoms with E-state index >= 15 is 0 Å². The first-order chi connectivity index (χ1) is 11.0. The van der Waals surface area contributed by atoms with Crippen molar-refractivity contribution in [1.82, 2.24) is 15.8 Å². The van der Waals surface area contributed by atoms with Crippen molar-refractivity contribution >= 4 is 11.8 Å². The van der Waals surface area contributed by atoms with Gasteiger partial charge in [0.05, 0.1) is 6.54 Å². The van der Waals surface area contributed by atoms with E-state index in [1.807, 2.05) is 31.2 Å². The number of primary amides is 1. The highest BCUT2D eigenvalue weighted by atomic mass is 16.2. The summed E-state index contributed by atoms with van der Waals surface area (Å²) in [6.07, 6.45) is 3.57. The summed E-state index contributed by atoms with van der Waals surface area (Å²) in [7, 11) is 1.58. The predicted octanol–water partition coefficient (Wildman–Crippen LogP) is 0.579. The summed E-state index contributed by atoms with van der Waals surface area (Å²) in [6.45, 7) is 2.51. The molecular formula is C17H22N4O2. The molecule has 0 aromatic heterocycles. The largest absolute Gasteiger partial charge is 0.368 e. The number of hydrogen-bond acceptors (Lipinski definition) is 4. The van der Waals surface area contributed by atoms with Crippen LogP contribution in [0.4, 0.5) is 0 Å². The number of likely N-dealkylation sites (N-methyl/N-ethyl adjacent to an activating group) is 1. The Morgan fingerprint density at radius 3 is 2.52 bits per heavy atom. The van der Waals surface area contributed by atoms with E-state index in [2.05, 4.69) is 10.7 Å². The Bertz CT molecular complexity index is 664. The zero-order valence-corrected chi connectivity index (χ0v) is 13.4. The number of hydrazine groups is 1. The second-order valence-electron chi connectivity index (χ2n) is 6.30. The molecule has 122 valence electrons. The molecule has 4 N–H and O–H groups in total. The van der Waals surface area contributed by atoms with Crippen molar-refractivity contribution in [3.05, 3.63) is 47.2 Å². The fourth-order valence-electron chi connectivity index (χ4n) is 3.00. The lowest BCUT2D eigenvalue weighted by molar-refractivity contribution is -0.125. The van der Waals surface area contributed by atoms with Crippen LogP contribution < -0.4 is 16.5 Å². The SMILES string of the molecule is CNC(=O)C1=CC(C(N)=O)(C2CC2)NN1Cc1ccc(C)cc1. The van der Waals surface area contributed by atoms with Crippen molar-refractivity contribution in [2.75, 3.05) is 7.05 Å². The molecule has 1 unspecified atom stereocenters. The average Bonchev–Trinajstić information content (AvgIpc) is 3.31. The third-order valence-electron chi connectivity index (χ3n) is 4.53. The van der Waals surface area contributed by atoms with Gasteiger partial charge in [-0.3, -0.25) is 14.6 Å². The van der Waals surface area contributed by atoms with Gasteiger partial charge in [-0.2, -0.15) is 0 Å². The maximum atomic E-state index is 12.2. The topological polar surface area (TPSA) is 87.5 Å². The fourth-order valence-corrected chi connectivity index (χ4v) is 3.00. The van der Waals surface area contributed by atoms with Gasteiger partial charge >= 0.3 is 0 Å². The lowest BCUT2D eigenvalue weighted by atomic mass is 9.93. The molecule has 1 aliphatic carbocycles. The number of nitrogens with two attached hydrogens (primary N) is 1. The van der Waals surface area contributed by atoms with Gasteiger partial charge in [0.15, 0.2) is 0 Å². The van der Waals surface area contributed by atoms with Gasteiger partial charge in [0, 0.05) is 7.05 Å². The smallest absolute Gasteiger partial charge is 0.268 e. The van der Waals surface area contributed by atoms with Gasteiger partial charge in [-0.15, -0.1) is 0 Å². The lowest BCUT2D eigenvalue weighted by Crippen LogP contribution is -2.57. The molecule has 2 aliphatic rings. The van der Waals surface area contributed by atoms with Crippen LogP contribution in [0, 0.1) is 12.8 Å². The lowest BCUT2D eigenvalue weighted by Gasteiger charge is -2.29. The van der Waals surface area contributed by atoms with E-state index in [0.717, 1.165) is 18.4 Å². The zero-order valence-electron chi connectivity index (χ0n) is 13.4. The molecular weight excluding hydrogens is 292 g/mol. The number of nitrogens with one attached hydrogen (secondary N) is 2. The Morgan fingerprint density at radius 1 is 1.35 bits per heavy atom. The Kier molecular flexibility index (Phi) is 3.85. The van der Waals surface area contributed by atoms with Gasteiger partial charge in [-0.25, -0.2) is 5.43 Å². The first-order valence-corrected chi connectivity index (χ1v) is 7.82. The number of aryl methyl sites for hydroxylation is 1. The van der Waals surface area contributed by atoms with E-state index in [0.29, 0.717) is 12.2 Å². The Balaban J connectivity index is 1.90. The van der Waals surface area contributed by atoms with E-state index in [-0.39, 0.29) is 11.8 Å². The third kappa shape index (κ3) is 2.82. The molecule has 23 heavy (non-hydrogen) atoms. The zero-order chi connectivity index (χ0) is 16.6. The standard InChI is InChI=1S/C17H22N4O2/c1-11-3-5-12(6-4-11)10-21-14(15(22)19-2)9-17(20-21,16(18)23)13-7-8-13/h3-6,9,13,20H,7-8,10H2,1-2H3,(H2,18,23)(H,19,22). The van der Waals surface area contributed by atoms with Crippen molar-refractivity contribution < 1.29 is 9.59 Å². The normalized spacial score (nSPS) is 23.6. The molecule has 1 aromatic carbocycles. The summed E-state index contributed by atoms with van der Waals surface area (Å²) in [5.74, 6) is -0.510. The van der Waals surface area contributed by atoms with Crippen LogP contribution in [-0.2, 0) is 16.1 Å². The molecule has 1 fully saturated rings. The molecule has 1 saturated carbocycles. The van der Waals surface area contributed by atoms with Crippen LogP contribution in [0.2, 0.25) is 0 Å². The van der Waals surface area contributed by atoms with Crippen molar-refractivity contribution in [3.63, 3.8) is 0 Å². The number of amides is 2. The molecule has 6 heteroatoms. The maximum Gasteiger partial charge on any atom is 0.268 e. The summed E-state index contributed by atoms with van der Waals surface area (Å²) in [6, 6.07) is 8.08. The van der Waals surface area contributed by atoms with Crippen molar-refractivity contribution in [3.8, 4) is 0 Å². The summed E-state index contributed by atoms with van der Waals surface area (Å²) in [4.78, 5) is 24.3. The van der Waals surface area contributed by atoms with Crippen LogP contribution in [0.15, 0.2) is 36.0 Å². The predicted molar refractivity (Wildman–Crippen MR) is 86.7 cm³/mol. The third-order valence-corrected chi connectivity index (χ3v) is 4.53. The molecule has 1 atom stereocenters. The molecule has 3 rings (SSSR count). The minimum Gasteiger partial charge on any atom is -0.368 e. The van der Waals surface area contributed by atoms with Gasteiger partial charge < -0.3 is 11.1 Å². The highest BCUT2D eigenvalue weighted by Gasteiger charge is 2.53. The van der Waals surface area contributed by atoms with Crippen LogP contribution in [0.5, 0.6) is 0 Å². The van der Waals surface area contributed by atoms with E-state index in [1.165, 1.54) is 5.56 Å². The van der Waals surface area contributed by atoms with Gasteiger partial charge in [-0.1, -0.05) is 29.8 Å². The number of benzene rings is 1. The number of rotatable bonds is 5. The molecule has 1 heterocycles. The molecule has 2 amide bonds. The highest BCUT2D eigenvalue weighted by molar-refractivity contribution is 5.97. The Morgan fingerprint density at radius 2 is 2.00 bits per heavy atom. The number of carbonyl (C=O) groups excluding carboxylic acids is 2. The number of hydrogen-bond donors (Lipinski definition) is 3. The second kappa shape index (κ2) is 5.70. The number of carbonyl (C=O) groups is 2. The van der Waals surface area contributed by atoms with Gasteiger partial charge in [0.25, 0.3) is 5.91 Å². The van der Waals surface area contributed by atoms with Crippen LogP contribution >= 0.6 is 0 Å². The van der Waals surface area contributed by atoms with E-state index in [9.17, 15) is 9.59 Å². The minimum absolute atomic E-state index is 0.155. The quantitative estimate of drug-likeness (QED) is 0.742. The summed E-state index contributed by atoms with van der Waals surface area (Å²) >= 11 is 0. The first kappa shape index (κ1) is 15.6. The molecule has 0 bridgehead atoms. The van der Waals surface area contributed by atoms with Crippen LogP contribution in [0.1, 0.15) is 24.0 Å². The highest BCUT2D eigenvalue weighted by Crippen LogP contribution is 2.43. The van der Waals surface area contributed by atoms with Crippen LogP contribution in [0.25, 0.3) is 0 Å². The number of nitrogens with zero attached hydrogens (tertiary/aromatic N) is 1. The second-order valence-corrected chi connectivity index (χ2v) is 6.30. The fraction of sp³-hybridized carbons (Fsp3) is 0.412. The van der Waals surface area contributed by atoms with Crippen molar-refractivity contribution in [2.24, 2.45) is 11.7 Å². The van der Waals surface area contributed by atoms with E-state index < -0.39 is 11.4 Å². The summed E-state index contributed by atoms with van der Waals surface area (Å²) in [5.41, 5.74) is 10.6. The van der Waals surface area contributed by atoms with Crippen LogP contribution in [0.3, 0.4) is 0 Å². The molecule has 6 nitrogen and oxygen atoms in total. The molecule has 1 aromatic rings. The minimum atomic E-state index is -0.952. The van der Waals surface area contributed by atoms with Gasteiger partial charge in [-0.05, 0) is 37.3 Å². The van der Waals surface area contributed by atoms with Gasteiger partial charge in [0.2, 0.25) is 5.91 Å². The van der Waals surface area contributed by atoms with Crippen molar-refractivity contribution in [1.29, 1.82) is 0 Å². The monoisotopic (exact) mass is 314 g/mol. The van der Waals surface area contributed by atoms with E-state index in [4.69, 9.17) is 5.73 Å². The van der Waals surface area contributed by atoms with Gasteiger partial charge in [0.1, 0.15) is 11.2 Å². The first-order valence-electron chi connectivity index (χ1n) is 7.82. The molecule has 0 saturated heterocycles. The van der Waals surface area contributed by atoms with Crippen molar-refractivity contribution in [2.45, 2.75) is 31.8 Å². The molecule has 0 spiro atoms. The molecule has 1 aliphatic heterocycles. The summed E-state index contributed by atoms with van der Waals surface area (Å²) < 4.78 is 0. The Labute approximate surface area is 135 Å². The summed E-state index contributed by atoms with van der Waals surface area (Å²) in [5, 5.41) is 4.36. The average molecular weight is 314 g/mol. The Hall–Kier alpha value is -2.34. The molecule has 0 radical (unpaired) electrons. The van der Waals surface area contributed by atoms with E-state index in [1.54, 1.807) is 18.1 Å². The maximum absolute atomic E-state index is 12.2.